The van der Waals surface area contributed by atoms with Crippen molar-refractivity contribution in [3.8, 4) is 0 Å². The molecule has 2 atom stereocenters. The van der Waals surface area contributed by atoms with Crippen molar-refractivity contribution in [2.45, 2.75) is 52.5 Å². The van der Waals surface area contributed by atoms with Crippen molar-refractivity contribution in [2.24, 2.45) is 5.92 Å². The second kappa shape index (κ2) is 7.38. The third kappa shape index (κ3) is 3.93. The number of hydrogen-bond acceptors (Lipinski definition) is 3. The van der Waals surface area contributed by atoms with E-state index in [1.54, 1.807) is 6.92 Å². The number of carboxylic acid groups (broad SMARTS) is 1. The lowest BCUT2D eigenvalue weighted by atomic mass is 9.93. The van der Waals surface area contributed by atoms with Gasteiger partial charge in [-0.15, -0.1) is 0 Å². The molecule has 1 fully saturated rings. The first-order valence-electron chi connectivity index (χ1n) is 7.34. The Balaban J connectivity index is 2.84. The molecule has 0 aromatic rings. The first-order chi connectivity index (χ1) is 9.34. The minimum Gasteiger partial charge on any atom is -0.481 e. The average Bonchev–Trinajstić information content (AvgIpc) is 2.37. The highest BCUT2D eigenvalue weighted by molar-refractivity contribution is 7.86. The summed E-state index contributed by atoms with van der Waals surface area (Å²) in [5.74, 6) is -1.25. The monoisotopic (exact) mass is 306 g/mol. The van der Waals surface area contributed by atoms with Gasteiger partial charge in [0.1, 0.15) is 0 Å². The third-order valence-corrected chi connectivity index (χ3v) is 5.89. The van der Waals surface area contributed by atoms with Crippen LogP contribution >= 0.6 is 0 Å². The maximum Gasteiger partial charge on any atom is 0.306 e. The van der Waals surface area contributed by atoms with Gasteiger partial charge in [-0.2, -0.15) is 17.0 Å². The fraction of sp³-hybridized carbons (Fsp3) is 0.923. The molecule has 0 spiro atoms. The van der Waals surface area contributed by atoms with Crippen molar-refractivity contribution in [1.82, 2.24) is 8.61 Å². The lowest BCUT2D eigenvalue weighted by Crippen LogP contribution is -2.52. The largest absolute Gasteiger partial charge is 0.481 e. The second-order valence-electron chi connectivity index (χ2n) is 5.43. The van der Waals surface area contributed by atoms with Gasteiger partial charge in [0.05, 0.1) is 5.92 Å². The molecule has 0 aromatic carbocycles. The van der Waals surface area contributed by atoms with Crippen LogP contribution < -0.4 is 0 Å². The van der Waals surface area contributed by atoms with E-state index in [0.29, 0.717) is 32.5 Å². The first-order valence-corrected chi connectivity index (χ1v) is 8.74. The Morgan fingerprint density at radius 3 is 2.25 bits per heavy atom. The molecule has 1 aliphatic heterocycles. The Hall–Kier alpha value is -0.660. The molecule has 6 nitrogen and oxygen atoms in total. The molecule has 0 aromatic heterocycles. The van der Waals surface area contributed by atoms with Gasteiger partial charge >= 0.3 is 5.97 Å². The minimum absolute atomic E-state index is 0.258. The predicted molar refractivity (Wildman–Crippen MR) is 77.6 cm³/mol. The molecule has 20 heavy (non-hydrogen) atoms. The summed E-state index contributed by atoms with van der Waals surface area (Å²) in [6, 6.07) is -0.258. The van der Waals surface area contributed by atoms with E-state index in [4.69, 9.17) is 5.11 Å². The minimum atomic E-state index is -3.47. The molecule has 1 aliphatic rings. The molecule has 1 heterocycles. The van der Waals surface area contributed by atoms with E-state index in [1.165, 1.54) is 8.61 Å². The Morgan fingerprint density at radius 2 is 1.85 bits per heavy atom. The highest BCUT2D eigenvalue weighted by atomic mass is 32.2. The number of carboxylic acids is 1. The van der Waals surface area contributed by atoms with Crippen LogP contribution in [0.1, 0.15) is 46.5 Å². The van der Waals surface area contributed by atoms with Crippen LogP contribution in [-0.4, -0.2) is 53.8 Å². The molecule has 2 unspecified atom stereocenters. The number of nitrogens with zero attached hydrogens (tertiary/aromatic N) is 2. The Morgan fingerprint density at radius 1 is 1.30 bits per heavy atom. The zero-order valence-electron chi connectivity index (χ0n) is 12.6. The smallest absolute Gasteiger partial charge is 0.306 e. The van der Waals surface area contributed by atoms with Gasteiger partial charge in [-0.3, -0.25) is 4.79 Å². The van der Waals surface area contributed by atoms with Crippen LogP contribution in [0.15, 0.2) is 0 Å². The molecular weight excluding hydrogens is 280 g/mol. The third-order valence-electron chi connectivity index (χ3n) is 3.73. The summed E-state index contributed by atoms with van der Waals surface area (Å²) in [5.41, 5.74) is 0. The molecule has 1 N–H and O–H groups in total. The van der Waals surface area contributed by atoms with E-state index in [0.717, 1.165) is 12.8 Å². The topological polar surface area (TPSA) is 77.9 Å². The molecule has 1 rings (SSSR count). The van der Waals surface area contributed by atoms with Crippen LogP contribution in [0.5, 0.6) is 0 Å². The van der Waals surface area contributed by atoms with E-state index >= 15 is 0 Å². The van der Waals surface area contributed by atoms with Crippen molar-refractivity contribution in [3.05, 3.63) is 0 Å². The summed E-state index contributed by atoms with van der Waals surface area (Å²) in [5, 5.41) is 9.04. The van der Waals surface area contributed by atoms with Gasteiger partial charge < -0.3 is 5.11 Å². The average molecular weight is 306 g/mol. The summed E-state index contributed by atoms with van der Waals surface area (Å²) in [6.45, 7) is 7.03. The molecule has 0 saturated carbocycles. The number of aliphatic carboxylic acids is 1. The highest BCUT2D eigenvalue weighted by Gasteiger charge is 2.38. The van der Waals surface area contributed by atoms with Crippen LogP contribution in [0.3, 0.4) is 0 Å². The molecular formula is C13H26N2O4S. The normalized spacial score (nSPS) is 25.0. The van der Waals surface area contributed by atoms with Crippen LogP contribution in [0.2, 0.25) is 0 Å². The van der Waals surface area contributed by atoms with Crippen molar-refractivity contribution < 1.29 is 18.3 Å². The Labute approximate surface area is 121 Å². The zero-order valence-corrected chi connectivity index (χ0v) is 13.4. The van der Waals surface area contributed by atoms with Gasteiger partial charge in [0.15, 0.2) is 0 Å². The van der Waals surface area contributed by atoms with Crippen LogP contribution in [-0.2, 0) is 15.0 Å². The fourth-order valence-corrected chi connectivity index (χ4v) is 4.71. The van der Waals surface area contributed by atoms with E-state index in [2.05, 4.69) is 0 Å². The quantitative estimate of drug-likeness (QED) is 0.774. The summed E-state index contributed by atoms with van der Waals surface area (Å²) < 4.78 is 28.3. The van der Waals surface area contributed by atoms with E-state index in [9.17, 15) is 13.2 Å². The highest BCUT2D eigenvalue weighted by Crippen LogP contribution is 2.27. The van der Waals surface area contributed by atoms with Crippen LogP contribution in [0.25, 0.3) is 0 Å². The Kier molecular flexibility index (Phi) is 6.42. The lowest BCUT2D eigenvalue weighted by Gasteiger charge is -2.38. The van der Waals surface area contributed by atoms with Gasteiger partial charge in [-0.25, -0.2) is 0 Å². The number of carbonyl (C=O) groups is 1. The van der Waals surface area contributed by atoms with Crippen LogP contribution in [0, 0.1) is 5.92 Å². The standard InChI is InChI=1S/C13H26N2O4S/c1-4-7-14(8-5-2)20(18,19)15-9-6-12(13(16)17)10-11(15)3/h11-12H,4-10H2,1-3H3,(H,16,17). The number of piperidine rings is 1. The van der Waals surface area contributed by atoms with Gasteiger partial charge in [-0.1, -0.05) is 13.8 Å². The van der Waals surface area contributed by atoms with Gasteiger partial charge in [0.25, 0.3) is 10.2 Å². The molecule has 118 valence electrons. The maximum atomic E-state index is 12.7. The first kappa shape index (κ1) is 17.4. The van der Waals surface area contributed by atoms with Gasteiger partial charge in [-0.05, 0) is 32.6 Å². The summed E-state index contributed by atoms with van der Waals surface area (Å²) in [7, 11) is -3.47. The molecule has 0 aliphatic carbocycles. The van der Waals surface area contributed by atoms with E-state index < -0.39 is 22.1 Å². The van der Waals surface area contributed by atoms with Gasteiger partial charge in [0, 0.05) is 25.7 Å². The SMILES string of the molecule is CCCN(CCC)S(=O)(=O)N1CCC(C(=O)O)CC1C. The van der Waals surface area contributed by atoms with Crippen molar-refractivity contribution >= 4 is 16.2 Å². The predicted octanol–water partition coefficient (Wildman–Crippen LogP) is 1.54. The van der Waals surface area contributed by atoms with Crippen LogP contribution in [0.4, 0.5) is 0 Å². The Bertz CT molecular complexity index is 418. The summed E-state index contributed by atoms with van der Waals surface area (Å²) in [4.78, 5) is 11.0. The van der Waals surface area contributed by atoms with Crippen molar-refractivity contribution in [3.63, 3.8) is 0 Å². The summed E-state index contributed by atoms with van der Waals surface area (Å²) >= 11 is 0. The number of hydrogen-bond donors (Lipinski definition) is 1. The zero-order chi connectivity index (χ0) is 15.3. The van der Waals surface area contributed by atoms with Crippen molar-refractivity contribution in [2.75, 3.05) is 19.6 Å². The van der Waals surface area contributed by atoms with E-state index in [1.807, 2.05) is 13.8 Å². The second-order valence-corrected chi connectivity index (χ2v) is 7.31. The number of rotatable bonds is 7. The molecule has 0 radical (unpaired) electrons. The van der Waals surface area contributed by atoms with Gasteiger partial charge in [0.2, 0.25) is 0 Å². The van der Waals surface area contributed by atoms with E-state index in [-0.39, 0.29) is 6.04 Å². The fourth-order valence-electron chi connectivity index (χ4n) is 2.71. The summed E-state index contributed by atoms with van der Waals surface area (Å²) in [6.07, 6.45) is 2.34. The lowest BCUT2D eigenvalue weighted by molar-refractivity contribution is -0.143. The molecule has 0 bridgehead atoms. The molecule has 0 amide bonds. The molecule has 7 heteroatoms. The molecule has 1 saturated heterocycles. The van der Waals surface area contributed by atoms with Crippen molar-refractivity contribution in [1.29, 1.82) is 0 Å². The maximum absolute atomic E-state index is 12.7.